The summed E-state index contributed by atoms with van der Waals surface area (Å²) in [6.45, 7) is 12.0. The van der Waals surface area contributed by atoms with Gasteiger partial charge in [-0.25, -0.2) is 0 Å². The molecule has 0 radical (unpaired) electrons. The first-order valence-electron chi connectivity index (χ1n) is 7.93. The van der Waals surface area contributed by atoms with Crippen LogP contribution in [0.5, 0.6) is 0 Å². The van der Waals surface area contributed by atoms with E-state index in [1.54, 1.807) is 0 Å². The Morgan fingerprint density at radius 2 is 1.95 bits per heavy atom. The zero-order valence-electron chi connectivity index (χ0n) is 13.9. The van der Waals surface area contributed by atoms with Crippen molar-refractivity contribution < 1.29 is 4.74 Å². The number of ether oxygens (including phenoxy) is 1. The lowest BCUT2D eigenvalue weighted by molar-refractivity contribution is 0.102. The number of nitrogens with zero attached hydrogens (tertiary/aromatic N) is 2. The van der Waals surface area contributed by atoms with Gasteiger partial charge >= 0.3 is 0 Å². The Bertz CT molecular complexity index is 291. The molecule has 0 aromatic carbocycles. The van der Waals surface area contributed by atoms with Crippen molar-refractivity contribution in [2.24, 2.45) is 10.7 Å². The van der Waals surface area contributed by atoms with Gasteiger partial charge in [-0.1, -0.05) is 6.42 Å². The summed E-state index contributed by atoms with van der Waals surface area (Å²) < 4.78 is 5.28. The summed E-state index contributed by atoms with van der Waals surface area (Å²) >= 11 is 0. The third kappa shape index (κ3) is 8.83. The number of piperidine rings is 1. The van der Waals surface area contributed by atoms with Crippen LogP contribution in [0.25, 0.3) is 0 Å². The summed E-state index contributed by atoms with van der Waals surface area (Å²) in [6, 6.07) is 0. The van der Waals surface area contributed by atoms with Gasteiger partial charge in [0.05, 0.1) is 6.54 Å². The minimum absolute atomic E-state index is 0. The minimum Gasteiger partial charge on any atom is -0.382 e. The molecule has 0 amide bonds. The van der Waals surface area contributed by atoms with E-state index in [9.17, 15) is 0 Å². The first-order chi connectivity index (χ1) is 9.56. The number of likely N-dealkylation sites (tertiary alicyclic amines) is 1. The Kier molecular flexibility index (Phi) is 11.4. The molecule has 0 aromatic rings. The molecule has 1 aliphatic heterocycles. The van der Waals surface area contributed by atoms with Gasteiger partial charge < -0.3 is 15.8 Å². The molecule has 0 unspecified atom stereocenters. The number of rotatable bonds is 8. The van der Waals surface area contributed by atoms with Crippen LogP contribution < -0.4 is 11.1 Å². The molecule has 0 aromatic heterocycles. The van der Waals surface area contributed by atoms with Gasteiger partial charge in [0.15, 0.2) is 5.96 Å². The molecule has 1 heterocycles. The van der Waals surface area contributed by atoms with E-state index >= 15 is 0 Å². The molecule has 0 spiro atoms. The molecule has 5 nitrogen and oxygen atoms in total. The third-order valence-corrected chi connectivity index (χ3v) is 3.82. The fourth-order valence-corrected chi connectivity index (χ4v) is 2.47. The van der Waals surface area contributed by atoms with E-state index in [1.165, 1.54) is 32.4 Å². The zero-order chi connectivity index (χ0) is 14.8. The van der Waals surface area contributed by atoms with E-state index in [0.29, 0.717) is 5.96 Å². The summed E-state index contributed by atoms with van der Waals surface area (Å²) in [4.78, 5) is 7.02. The maximum atomic E-state index is 5.90. The van der Waals surface area contributed by atoms with Crippen molar-refractivity contribution in [3.05, 3.63) is 0 Å². The van der Waals surface area contributed by atoms with Crippen LogP contribution in [0, 0.1) is 0 Å². The van der Waals surface area contributed by atoms with Gasteiger partial charge in [0, 0.05) is 25.3 Å². The summed E-state index contributed by atoms with van der Waals surface area (Å²) in [5.41, 5.74) is 6.00. The average Bonchev–Trinajstić information content (AvgIpc) is 2.46. The van der Waals surface area contributed by atoms with Crippen LogP contribution >= 0.6 is 24.0 Å². The van der Waals surface area contributed by atoms with Crippen LogP contribution in [0.3, 0.4) is 0 Å². The molecular formula is C15H33IN4O. The number of nitrogens with two attached hydrogens (primary N) is 1. The minimum atomic E-state index is 0. The Labute approximate surface area is 147 Å². The molecule has 1 fully saturated rings. The SMILES string of the molecule is CCOCCCNC(N)=NCC(C)(C)N1CCCCC1.I. The second-order valence-corrected chi connectivity index (χ2v) is 6.04. The first-order valence-corrected chi connectivity index (χ1v) is 7.93. The zero-order valence-corrected chi connectivity index (χ0v) is 16.2. The van der Waals surface area contributed by atoms with Gasteiger partial charge in [0.2, 0.25) is 0 Å². The van der Waals surface area contributed by atoms with Crippen LogP contribution in [-0.2, 0) is 4.74 Å². The standard InChI is InChI=1S/C15H32N4O.HI/c1-4-20-12-8-9-17-14(16)18-13-15(2,3)19-10-6-5-7-11-19;/h4-13H2,1-3H3,(H3,16,17,18);1H. The lowest BCUT2D eigenvalue weighted by Crippen LogP contribution is -2.49. The van der Waals surface area contributed by atoms with Crippen molar-refractivity contribution in [1.29, 1.82) is 0 Å². The number of hydrogen-bond acceptors (Lipinski definition) is 3. The number of halogens is 1. The van der Waals surface area contributed by atoms with Gasteiger partial charge in [0.25, 0.3) is 0 Å². The highest BCUT2D eigenvalue weighted by Gasteiger charge is 2.27. The normalized spacial score (nSPS) is 17.4. The Morgan fingerprint density at radius 1 is 1.29 bits per heavy atom. The predicted octanol–water partition coefficient (Wildman–Crippen LogP) is 2.20. The molecule has 21 heavy (non-hydrogen) atoms. The third-order valence-electron chi connectivity index (χ3n) is 3.82. The Morgan fingerprint density at radius 3 is 2.57 bits per heavy atom. The number of nitrogens with one attached hydrogen (secondary N) is 1. The van der Waals surface area contributed by atoms with Crippen LogP contribution in [0.15, 0.2) is 4.99 Å². The van der Waals surface area contributed by atoms with Crippen molar-refractivity contribution in [2.45, 2.75) is 52.0 Å². The fraction of sp³-hybridized carbons (Fsp3) is 0.933. The maximum Gasteiger partial charge on any atom is 0.188 e. The van der Waals surface area contributed by atoms with Crippen molar-refractivity contribution in [2.75, 3.05) is 39.4 Å². The molecule has 1 aliphatic rings. The monoisotopic (exact) mass is 412 g/mol. The smallest absolute Gasteiger partial charge is 0.188 e. The highest BCUT2D eigenvalue weighted by atomic mass is 127. The van der Waals surface area contributed by atoms with Gasteiger partial charge in [-0.2, -0.15) is 0 Å². The second kappa shape index (κ2) is 11.5. The quantitative estimate of drug-likeness (QED) is 0.278. The second-order valence-electron chi connectivity index (χ2n) is 6.04. The van der Waals surface area contributed by atoms with Crippen LogP contribution in [0.1, 0.15) is 46.5 Å². The van der Waals surface area contributed by atoms with E-state index in [1.807, 2.05) is 6.92 Å². The molecular weight excluding hydrogens is 379 g/mol. The number of guanidine groups is 1. The highest BCUT2D eigenvalue weighted by Crippen LogP contribution is 2.20. The fourth-order valence-electron chi connectivity index (χ4n) is 2.47. The topological polar surface area (TPSA) is 62.9 Å². The van der Waals surface area contributed by atoms with Gasteiger partial charge in [-0.15, -0.1) is 24.0 Å². The van der Waals surface area contributed by atoms with Gasteiger partial charge in [-0.3, -0.25) is 9.89 Å². The summed E-state index contributed by atoms with van der Waals surface area (Å²) in [5.74, 6) is 0.548. The lowest BCUT2D eigenvalue weighted by Gasteiger charge is -2.40. The average molecular weight is 412 g/mol. The van der Waals surface area contributed by atoms with E-state index in [2.05, 4.69) is 29.1 Å². The highest BCUT2D eigenvalue weighted by molar-refractivity contribution is 14.0. The number of aliphatic imine (C=N–C) groups is 1. The molecule has 3 N–H and O–H groups in total. The van der Waals surface area contributed by atoms with E-state index in [-0.39, 0.29) is 29.5 Å². The van der Waals surface area contributed by atoms with Crippen molar-refractivity contribution >= 4 is 29.9 Å². The Hall–Kier alpha value is -0.0800. The lowest BCUT2D eigenvalue weighted by atomic mass is 9.99. The van der Waals surface area contributed by atoms with Crippen LogP contribution in [0.4, 0.5) is 0 Å². The molecule has 0 aliphatic carbocycles. The number of hydrogen-bond donors (Lipinski definition) is 2. The molecule has 126 valence electrons. The predicted molar refractivity (Wildman–Crippen MR) is 101 cm³/mol. The molecule has 0 bridgehead atoms. The molecule has 1 saturated heterocycles. The van der Waals surface area contributed by atoms with Crippen molar-refractivity contribution in [1.82, 2.24) is 10.2 Å². The van der Waals surface area contributed by atoms with Crippen molar-refractivity contribution in [3.8, 4) is 0 Å². The Balaban J connectivity index is 0.00000400. The van der Waals surface area contributed by atoms with E-state index in [0.717, 1.165) is 32.7 Å². The summed E-state index contributed by atoms with van der Waals surface area (Å²) in [5, 5.41) is 3.15. The van der Waals surface area contributed by atoms with Gasteiger partial charge in [-0.05, 0) is 53.1 Å². The van der Waals surface area contributed by atoms with Crippen LogP contribution in [-0.4, -0.2) is 55.8 Å². The van der Waals surface area contributed by atoms with Crippen molar-refractivity contribution in [3.63, 3.8) is 0 Å². The maximum absolute atomic E-state index is 5.90. The molecule has 0 atom stereocenters. The van der Waals surface area contributed by atoms with E-state index in [4.69, 9.17) is 10.5 Å². The van der Waals surface area contributed by atoms with Crippen LogP contribution in [0.2, 0.25) is 0 Å². The first kappa shape index (κ1) is 20.9. The summed E-state index contributed by atoms with van der Waals surface area (Å²) in [7, 11) is 0. The van der Waals surface area contributed by atoms with Gasteiger partial charge in [0.1, 0.15) is 0 Å². The van der Waals surface area contributed by atoms with E-state index < -0.39 is 0 Å². The molecule has 6 heteroatoms. The molecule has 1 rings (SSSR count). The largest absolute Gasteiger partial charge is 0.382 e. The molecule has 0 saturated carbocycles. The summed E-state index contributed by atoms with van der Waals surface area (Å²) in [6.07, 6.45) is 4.93.